The van der Waals surface area contributed by atoms with Gasteiger partial charge in [0.05, 0.1) is 6.04 Å². The summed E-state index contributed by atoms with van der Waals surface area (Å²) in [4.78, 5) is 63.6. The maximum absolute atomic E-state index is 13.1. The van der Waals surface area contributed by atoms with Crippen LogP contribution in [-0.2, 0) is 30.4 Å². The zero-order valence-corrected chi connectivity index (χ0v) is 20.4. The Kier molecular flexibility index (Phi) is 9.97. The lowest BCUT2D eigenvalue weighted by Gasteiger charge is -2.25. The monoisotopic (exact) mass is 503 g/mol. The molecule has 4 atom stereocenters. The largest absolute Gasteiger partial charge is 0.481 e. The van der Waals surface area contributed by atoms with Gasteiger partial charge in [-0.1, -0.05) is 32.0 Å². The lowest BCUT2D eigenvalue weighted by molar-refractivity contribution is -0.143. The number of carbonyl (C=O) groups is 5. The molecule has 3 amide bonds. The first-order valence-corrected chi connectivity index (χ1v) is 11.6. The maximum Gasteiger partial charge on any atom is 0.326 e. The zero-order valence-electron chi connectivity index (χ0n) is 20.4. The number of aromatic nitrogens is 1. The van der Waals surface area contributed by atoms with E-state index in [-0.39, 0.29) is 19.3 Å². The molecule has 1 aromatic carbocycles. The second-order valence-corrected chi connectivity index (χ2v) is 8.96. The number of benzene rings is 1. The summed E-state index contributed by atoms with van der Waals surface area (Å²) in [6.45, 7) is 4.70. The molecule has 0 spiro atoms. The molecule has 0 aliphatic heterocycles. The molecule has 0 fully saturated rings. The third-order valence-corrected chi connectivity index (χ3v) is 5.72. The molecule has 4 unspecified atom stereocenters. The molecule has 0 saturated heterocycles. The van der Waals surface area contributed by atoms with E-state index in [1.54, 1.807) is 20.0 Å². The molecule has 1 aromatic heterocycles. The number of nitrogens with two attached hydrogens (primary N) is 1. The molecule has 2 rings (SSSR count). The maximum atomic E-state index is 13.1. The van der Waals surface area contributed by atoms with Crippen LogP contribution in [-0.4, -0.2) is 69.0 Å². The Bertz CT molecular complexity index is 1110. The van der Waals surface area contributed by atoms with Crippen molar-refractivity contribution in [2.45, 2.75) is 64.2 Å². The number of hydrogen-bond donors (Lipinski definition) is 7. The Morgan fingerprint density at radius 2 is 1.61 bits per heavy atom. The van der Waals surface area contributed by atoms with E-state index in [9.17, 15) is 29.1 Å². The number of para-hydroxylation sites is 1. The van der Waals surface area contributed by atoms with E-state index >= 15 is 0 Å². The number of amides is 3. The van der Waals surface area contributed by atoms with Crippen molar-refractivity contribution in [1.82, 2.24) is 20.9 Å². The summed E-state index contributed by atoms with van der Waals surface area (Å²) in [5.74, 6) is -4.79. The van der Waals surface area contributed by atoms with Gasteiger partial charge in [0.25, 0.3) is 0 Å². The quantitative estimate of drug-likeness (QED) is 0.199. The molecule has 12 heteroatoms. The number of aliphatic carboxylic acids is 2. The minimum absolute atomic E-state index is 0.0603. The van der Waals surface area contributed by atoms with Gasteiger partial charge in [0.15, 0.2) is 0 Å². The summed E-state index contributed by atoms with van der Waals surface area (Å²) in [5, 5.41) is 26.5. The van der Waals surface area contributed by atoms with E-state index < -0.39 is 59.7 Å². The van der Waals surface area contributed by atoms with E-state index in [0.717, 1.165) is 16.5 Å². The number of rotatable bonds is 13. The van der Waals surface area contributed by atoms with Gasteiger partial charge in [-0.15, -0.1) is 0 Å². The fourth-order valence-electron chi connectivity index (χ4n) is 3.59. The number of H-pyrrole nitrogens is 1. The summed E-state index contributed by atoms with van der Waals surface area (Å²) >= 11 is 0. The fraction of sp³-hybridized carbons (Fsp3) is 0.458. The van der Waals surface area contributed by atoms with Crippen LogP contribution in [0.1, 0.15) is 39.2 Å². The topological polar surface area (TPSA) is 204 Å². The van der Waals surface area contributed by atoms with E-state index in [1.807, 2.05) is 24.3 Å². The summed E-state index contributed by atoms with van der Waals surface area (Å²) in [6.07, 6.45) is 1.36. The molecular weight excluding hydrogens is 470 g/mol. The number of carboxylic acids is 2. The van der Waals surface area contributed by atoms with Gasteiger partial charge in [0.1, 0.15) is 18.1 Å². The third kappa shape index (κ3) is 7.80. The SMILES string of the molecule is CC(NC(=O)C(N)CCC(=O)O)C(=O)NC(Cc1c[nH]c2ccccc12)C(=O)NC(C(=O)O)C(C)C. The second kappa shape index (κ2) is 12.7. The summed E-state index contributed by atoms with van der Waals surface area (Å²) in [6, 6.07) is 2.88. The van der Waals surface area contributed by atoms with Crippen LogP contribution in [0.3, 0.4) is 0 Å². The number of carbonyl (C=O) groups excluding carboxylic acids is 3. The molecular formula is C24H33N5O7. The molecule has 8 N–H and O–H groups in total. The van der Waals surface area contributed by atoms with Crippen LogP contribution >= 0.6 is 0 Å². The Balaban J connectivity index is 2.18. The standard InChI is InChI=1S/C24H33N5O7/c1-12(2)20(24(35)36)29-23(34)18(10-14-11-26-17-7-5-4-6-15(14)17)28-21(32)13(3)27-22(33)16(25)8-9-19(30)31/h4-7,11-13,16,18,20,26H,8-10,25H2,1-3H3,(H,27,33)(H,28,32)(H,29,34)(H,30,31)(H,35,36). The molecule has 1 heterocycles. The predicted octanol–water partition coefficient (Wildman–Crippen LogP) is 0.117. The van der Waals surface area contributed by atoms with E-state index in [4.69, 9.17) is 10.8 Å². The lowest BCUT2D eigenvalue weighted by Crippen LogP contribution is -2.57. The first-order valence-electron chi connectivity index (χ1n) is 11.6. The van der Waals surface area contributed by atoms with Crippen LogP contribution in [0.5, 0.6) is 0 Å². The number of fused-ring (bicyclic) bond motifs is 1. The molecule has 0 aliphatic rings. The van der Waals surface area contributed by atoms with Crippen LogP contribution in [0.2, 0.25) is 0 Å². The number of hydrogen-bond acceptors (Lipinski definition) is 6. The average molecular weight is 504 g/mol. The van der Waals surface area contributed by atoms with Crippen molar-refractivity contribution in [3.63, 3.8) is 0 Å². The van der Waals surface area contributed by atoms with Crippen molar-refractivity contribution in [3.05, 3.63) is 36.0 Å². The second-order valence-electron chi connectivity index (χ2n) is 8.96. The van der Waals surface area contributed by atoms with Crippen LogP contribution in [0.25, 0.3) is 10.9 Å². The molecule has 0 bridgehead atoms. The molecule has 0 aliphatic carbocycles. The normalized spacial score (nSPS) is 14.5. The van der Waals surface area contributed by atoms with Crippen LogP contribution in [0, 0.1) is 5.92 Å². The minimum Gasteiger partial charge on any atom is -0.481 e. The first kappa shape index (κ1) is 28.3. The molecule has 12 nitrogen and oxygen atoms in total. The smallest absolute Gasteiger partial charge is 0.326 e. The summed E-state index contributed by atoms with van der Waals surface area (Å²) in [7, 11) is 0. The highest BCUT2D eigenvalue weighted by Crippen LogP contribution is 2.19. The fourth-order valence-corrected chi connectivity index (χ4v) is 3.59. The molecule has 2 aromatic rings. The van der Waals surface area contributed by atoms with Crippen molar-refractivity contribution in [1.29, 1.82) is 0 Å². The van der Waals surface area contributed by atoms with Crippen molar-refractivity contribution in [2.75, 3.05) is 0 Å². The minimum atomic E-state index is -1.20. The van der Waals surface area contributed by atoms with Gasteiger partial charge in [0.2, 0.25) is 17.7 Å². The summed E-state index contributed by atoms with van der Waals surface area (Å²) in [5.41, 5.74) is 7.25. The Morgan fingerprint density at radius 1 is 0.944 bits per heavy atom. The lowest BCUT2D eigenvalue weighted by atomic mass is 10.0. The number of nitrogens with one attached hydrogen (secondary N) is 4. The van der Waals surface area contributed by atoms with Gasteiger partial charge >= 0.3 is 11.9 Å². The van der Waals surface area contributed by atoms with Gasteiger partial charge in [-0.25, -0.2) is 4.79 Å². The van der Waals surface area contributed by atoms with E-state index in [2.05, 4.69) is 20.9 Å². The van der Waals surface area contributed by atoms with Crippen molar-refractivity contribution >= 4 is 40.6 Å². The van der Waals surface area contributed by atoms with Gasteiger partial charge < -0.3 is 36.9 Å². The van der Waals surface area contributed by atoms with Gasteiger partial charge in [-0.2, -0.15) is 0 Å². The van der Waals surface area contributed by atoms with Gasteiger partial charge in [-0.3, -0.25) is 19.2 Å². The molecule has 36 heavy (non-hydrogen) atoms. The average Bonchev–Trinajstić information content (AvgIpc) is 3.22. The van der Waals surface area contributed by atoms with Crippen LogP contribution in [0.15, 0.2) is 30.5 Å². The highest BCUT2D eigenvalue weighted by molar-refractivity contribution is 5.94. The first-order chi connectivity index (χ1) is 16.9. The van der Waals surface area contributed by atoms with Gasteiger partial charge in [-0.05, 0) is 30.9 Å². The Hall–Kier alpha value is -3.93. The van der Waals surface area contributed by atoms with Crippen molar-refractivity contribution in [2.24, 2.45) is 11.7 Å². The highest BCUT2D eigenvalue weighted by Gasteiger charge is 2.30. The third-order valence-electron chi connectivity index (χ3n) is 5.72. The Morgan fingerprint density at radius 3 is 2.22 bits per heavy atom. The van der Waals surface area contributed by atoms with E-state index in [1.165, 1.54) is 6.92 Å². The number of carboxylic acid groups (broad SMARTS) is 2. The zero-order chi connectivity index (χ0) is 27.0. The molecule has 0 radical (unpaired) electrons. The predicted molar refractivity (Wildman–Crippen MR) is 131 cm³/mol. The molecule has 196 valence electrons. The van der Waals surface area contributed by atoms with E-state index in [0.29, 0.717) is 0 Å². The van der Waals surface area contributed by atoms with Crippen molar-refractivity contribution < 1.29 is 34.2 Å². The molecule has 0 saturated carbocycles. The summed E-state index contributed by atoms with van der Waals surface area (Å²) < 4.78 is 0. The highest BCUT2D eigenvalue weighted by atomic mass is 16.4. The number of aromatic amines is 1. The van der Waals surface area contributed by atoms with Crippen LogP contribution < -0.4 is 21.7 Å². The van der Waals surface area contributed by atoms with Crippen LogP contribution in [0.4, 0.5) is 0 Å². The Labute approximate surface area is 208 Å². The van der Waals surface area contributed by atoms with Gasteiger partial charge in [0, 0.05) is 29.9 Å². The van der Waals surface area contributed by atoms with Crippen molar-refractivity contribution in [3.8, 4) is 0 Å².